The first kappa shape index (κ1) is 24.9. The van der Waals surface area contributed by atoms with Crippen molar-refractivity contribution in [3.63, 3.8) is 0 Å². The zero-order valence-electron chi connectivity index (χ0n) is 20.6. The third-order valence-electron chi connectivity index (χ3n) is 8.04. The van der Waals surface area contributed by atoms with Crippen molar-refractivity contribution in [3.8, 4) is 23.0 Å². The fourth-order valence-electron chi connectivity index (χ4n) is 5.96. The summed E-state index contributed by atoms with van der Waals surface area (Å²) in [5, 5.41) is 39.9. The van der Waals surface area contributed by atoms with Crippen LogP contribution >= 0.6 is 0 Å². The van der Waals surface area contributed by atoms with Gasteiger partial charge in [0.2, 0.25) is 5.91 Å². The van der Waals surface area contributed by atoms with Gasteiger partial charge >= 0.3 is 0 Å². The van der Waals surface area contributed by atoms with Crippen LogP contribution in [0.2, 0.25) is 0 Å². The van der Waals surface area contributed by atoms with Gasteiger partial charge in [0.1, 0.15) is 30.5 Å². The lowest BCUT2D eigenvalue weighted by Gasteiger charge is -2.41. The molecule has 2 aliphatic heterocycles. The number of carbonyl (C=O) groups is 1. The van der Waals surface area contributed by atoms with Gasteiger partial charge in [0.25, 0.3) is 0 Å². The number of aliphatic hydroxyl groups is 4. The van der Waals surface area contributed by atoms with E-state index in [9.17, 15) is 25.2 Å². The van der Waals surface area contributed by atoms with E-state index in [2.05, 4.69) is 49.1 Å². The number of piperidine rings is 1. The van der Waals surface area contributed by atoms with Crippen LogP contribution in [0.4, 0.5) is 0 Å². The van der Waals surface area contributed by atoms with Gasteiger partial charge in [-0.15, -0.1) is 0 Å². The molecule has 3 aliphatic rings. The van der Waals surface area contributed by atoms with Crippen LogP contribution in [0.25, 0.3) is 11.1 Å². The highest BCUT2D eigenvalue weighted by Crippen LogP contribution is 2.54. The monoisotopic (exact) mass is 491 g/mol. The largest absolute Gasteiger partial charge is 0.394 e. The Hall–Kier alpha value is -2.73. The molecule has 0 saturated carbocycles. The van der Waals surface area contributed by atoms with E-state index in [1.165, 1.54) is 27.8 Å². The van der Waals surface area contributed by atoms with Gasteiger partial charge in [-0.3, -0.25) is 4.79 Å². The van der Waals surface area contributed by atoms with Crippen molar-refractivity contribution < 1.29 is 30.0 Å². The Labute approximate surface area is 211 Å². The molecule has 7 heteroatoms. The molecule has 0 bridgehead atoms. The van der Waals surface area contributed by atoms with Crippen LogP contribution in [-0.2, 0) is 14.9 Å². The molecular weight excluding hydrogens is 458 g/mol. The van der Waals surface area contributed by atoms with E-state index in [0.717, 1.165) is 18.4 Å². The first-order valence-electron chi connectivity index (χ1n) is 12.6. The van der Waals surface area contributed by atoms with Crippen LogP contribution in [0.5, 0.6) is 0 Å². The maximum Gasteiger partial charge on any atom is 0.222 e. The number of ether oxygens (including phenoxy) is 1. The molecule has 1 aliphatic carbocycles. The summed E-state index contributed by atoms with van der Waals surface area (Å²) < 4.78 is 5.54. The van der Waals surface area contributed by atoms with Gasteiger partial charge in [0.15, 0.2) is 0 Å². The quantitative estimate of drug-likeness (QED) is 0.474. The Morgan fingerprint density at radius 1 is 1.03 bits per heavy atom. The third-order valence-corrected chi connectivity index (χ3v) is 8.04. The molecule has 5 atom stereocenters. The van der Waals surface area contributed by atoms with Gasteiger partial charge in [-0.1, -0.05) is 48.6 Å². The fourth-order valence-corrected chi connectivity index (χ4v) is 5.96. The lowest BCUT2D eigenvalue weighted by molar-refractivity contribution is -0.214. The van der Waals surface area contributed by atoms with Gasteiger partial charge in [-0.25, -0.2) is 0 Å². The molecular formula is C29H33NO6. The van der Waals surface area contributed by atoms with Gasteiger partial charge in [-0.2, -0.15) is 0 Å². The van der Waals surface area contributed by atoms with Crippen molar-refractivity contribution in [3.05, 3.63) is 58.7 Å². The summed E-state index contributed by atoms with van der Waals surface area (Å²) in [6.45, 7) is 4.93. The second kappa shape index (κ2) is 9.62. The van der Waals surface area contributed by atoms with Gasteiger partial charge in [-0.05, 0) is 54.2 Å². The minimum Gasteiger partial charge on any atom is -0.394 e. The molecule has 36 heavy (non-hydrogen) atoms. The number of carbonyl (C=O) groups excluding carboxylic acids is 1. The normalized spacial score (nSPS) is 28.3. The number of aryl methyl sites for hydroxylation is 1. The van der Waals surface area contributed by atoms with Crippen LogP contribution in [0.15, 0.2) is 36.4 Å². The van der Waals surface area contributed by atoms with E-state index in [0.29, 0.717) is 19.5 Å². The third kappa shape index (κ3) is 4.03. The molecule has 7 nitrogen and oxygen atoms in total. The number of rotatable bonds is 2. The summed E-state index contributed by atoms with van der Waals surface area (Å²) in [4.78, 5) is 14.3. The molecule has 0 unspecified atom stereocenters. The number of hydrogen-bond acceptors (Lipinski definition) is 6. The summed E-state index contributed by atoms with van der Waals surface area (Å²) in [5.74, 6) is 6.15. The molecule has 190 valence electrons. The Morgan fingerprint density at radius 2 is 1.69 bits per heavy atom. The predicted molar refractivity (Wildman–Crippen MR) is 134 cm³/mol. The fraction of sp³-hybridized carbons (Fsp3) is 0.483. The molecule has 1 spiro atoms. The standard InChI is InChI=1S/C29H33NO6/c1-3-25(32)30-12-10-29(11-13-30)21-14-17(2)4-7-19(21)20-8-5-18(15-22(20)29)6-9-23-26(33)28(35)27(34)24(16-31)36-23/h4-5,7-8,14-15,23-24,26-28,31,33-35H,3,10-13,16H2,1-2H3/t23-,24-,26-,27-,28-/m1/s1. The molecule has 2 heterocycles. The number of likely N-dealkylation sites (tertiary alicyclic amines) is 1. The molecule has 2 saturated heterocycles. The molecule has 1 amide bonds. The van der Waals surface area contributed by atoms with Crippen LogP contribution in [0, 0.1) is 18.8 Å². The van der Waals surface area contributed by atoms with Gasteiger partial charge < -0.3 is 30.1 Å². The summed E-state index contributed by atoms with van der Waals surface area (Å²) in [6, 6.07) is 12.7. The summed E-state index contributed by atoms with van der Waals surface area (Å²) in [6.07, 6.45) is -4.08. The maximum atomic E-state index is 12.3. The highest BCUT2D eigenvalue weighted by Gasteiger charge is 2.46. The Morgan fingerprint density at radius 3 is 2.36 bits per heavy atom. The summed E-state index contributed by atoms with van der Waals surface area (Å²) >= 11 is 0. The van der Waals surface area contributed by atoms with E-state index in [1.54, 1.807) is 0 Å². The number of aliphatic hydroxyl groups excluding tert-OH is 4. The lowest BCUT2D eigenvalue weighted by atomic mass is 9.70. The summed E-state index contributed by atoms with van der Waals surface area (Å²) in [5.41, 5.74) is 6.67. The topological polar surface area (TPSA) is 110 Å². The Bertz CT molecular complexity index is 1220. The van der Waals surface area contributed by atoms with Crippen LogP contribution in [0.1, 0.15) is 48.4 Å². The van der Waals surface area contributed by atoms with Crippen molar-refractivity contribution in [2.24, 2.45) is 0 Å². The smallest absolute Gasteiger partial charge is 0.222 e. The Kier molecular flexibility index (Phi) is 6.67. The van der Waals surface area contributed by atoms with Crippen LogP contribution in [0.3, 0.4) is 0 Å². The minimum absolute atomic E-state index is 0.187. The summed E-state index contributed by atoms with van der Waals surface area (Å²) in [7, 11) is 0. The average Bonchev–Trinajstić information content (AvgIpc) is 3.15. The highest BCUT2D eigenvalue weighted by molar-refractivity contribution is 5.83. The van der Waals surface area contributed by atoms with E-state index in [1.807, 2.05) is 17.9 Å². The van der Waals surface area contributed by atoms with E-state index >= 15 is 0 Å². The van der Waals surface area contributed by atoms with Crippen molar-refractivity contribution in [1.82, 2.24) is 4.90 Å². The van der Waals surface area contributed by atoms with Crippen molar-refractivity contribution in [1.29, 1.82) is 0 Å². The molecule has 2 fully saturated rings. The van der Waals surface area contributed by atoms with Crippen molar-refractivity contribution in [2.75, 3.05) is 19.7 Å². The zero-order chi connectivity index (χ0) is 25.6. The van der Waals surface area contributed by atoms with Gasteiger partial charge in [0, 0.05) is 30.5 Å². The number of nitrogens with zero attached hydrogens (tertiary/aromatic N) is 1. The van der Waals surface area contributed by atoms with E-state index in [-0.39, 0.29) is 11.3 Å². The minimum atomic E-state index is -1.45. The first-order chi connectivity index (χ1) is 17.3. The maximum absolute atomic E-state index is 12.3. The van der Waals surface area contributed by atoms with Gasteiger partial charge in [0.05, 0.1) is 6.61 Å². The number of amides is 1. The van der Waals surface area contributed by atoms with E-state index < -0.39 is 37.1 Å². The zero-order valence-corrected chi connectivity index (χ0v) is 20.6. The number of hydrogen-bond donors (Lipinski definition) is 4. The molecule has 5 rings (SSSR count). The van der Waals surface area contributed by atoms with Crippen LogP contribution < -0.4 is 0 Å². The van der Waals surface area contributed by atoms with Crippen molar-refractivity contribution in [2.45, 2.75) is 69.0 Å². The van der Waals surface area contributed by atoms with E-state index in [4.69, 9.17) is 4.74 Å². The SMILES string of the molecule is CCC(=O)N1CCC2(CC1)c1cc(C)ccc1-c1ccc(C#C[C@H]3O[C@H](CO)[C@@H](O)[C@H](O)[C@@H]3O)cc12. The average molecular weight is 492 g/mol. The molecule has 2 aromatic rings. The molecule has 0 aromatic heterocycles. The second-order valence-corrected chi connectivity index (χ2v) is 10.1. The second-order valence-electron chi connectivity index (χ2n) is 10.1. The van der Waals surface area contributed by atoms with Crippen LogP contribution in [-0.4, -0.2) is 81.4 Å². The predicted octanol–water partition coefficient (Wildman–Crippen LogP) is 1.49. The lowest BCUT2D eigenvalue weighted by Crippen LogP contribution is -2.58. The number of benzene rings is 2. The number of fused-ring (bicyclic) bond motifs is 5. The molecule has 0 radical (unpaired) electrons. The molecule has 4 N–H and O–H groups in total. The molecule has 2 aromatic carbocycles. The van der Waals surface area contributed by atoms with Crippen molar-refractivity contribution >= 4 is 5.91 Å². The highest BCUT2D eigenvalue weighted by atomic mass is 16.5. The first-order valence-corrected chi connectivity index (χ1v) is 12.6. The Balaban J connectivity index is 1.49.